The topological polar surface area (TPSA) is 44.8 Å². The smallest absolute Gasteiger partial charge is 0.489 e. The first-order valence-corrected chi connectivity index (χ1v) is 8.45. The van der Waals surface area contributed by atoms with E-state index in [9.17, 15) is 4.79 Å². The molecule has 2 aromatic rings. The molecule has 0 bridgehead atoms. The lowest BCUT2D eigenvalue weighted by Crippen LogP contribution is -2.10. The van der Waals surface area contributed by atoms with Gasteiger partial charge in [-0.25, -0.2) is 4.79 Å². The Morgan fingerprint density at radius 3 is 2.70 bits per heavy atom. The van der Waals surface area contributed by atoms with Gasteiger partial charge in [-0.3, -0.25) is 0 Å². The lowest BCUT2D eigenvalue weighted by Gasteiger charge is -2.13. The lowest BCUT2D eigenvalue weighted by atomic mass is 10.1. The molecule has 6 heteroatoms. The summed E-state index contributed by atoms with van der Waals surface area (Å²) in [4.78, 5) is 11.3. The zero-order valence-electron chi connectivity index (χ0n) is 12.8. The van der Waals surface area contributed by atoms with Crippen LogP contribution in [0.5, 0.6) is 11.5 Å². The SMILES string of the molecule is CCc1ccc(OCc2c(I)cccc2OC(=O)OC)cc1Cl. The Morgan fingerprint density at radius 1 is 1.26 bits per heavy atom. The van der Waals surface area contributed by atoms with Gasteiger partial charge in [0.05, 0.1) is 7.11 Å². The summed E-state index contributed by atoms with van der Waals surface area (Å²) in [5.74, 6) is 1.08. The molecule has 4 nitrogen and oxygen atoms in total. The highest BCUT2D eigenvalue weighted by Gasteiger charge is 2.13. The molecule has 0 saturated carbocycles. The van der Waals surface area contributed by atoms with Gasteiger partial charge in [-0.1, -0.05) is 30.7 Å². The summed E-state index contributed by atoms with van der Waals surface area (Å²) in [6, 6.07) is 11.0. The number of benzene rings is 2. The summed E-state index contributed by atoms with van der Waals surface area (Å²) in [6.45, 7) is 2.30. The summed E-state index contributed by atoms with van der Waals surface area (Å²) in [5, 5.41) is 0.679. The van der Waals surface area contributed by atoms with Crippen molar-refractivity contribution >= 4 is 40.3 Å². The maximum atomic E-state index is 11.3. The monoisotopic (exact) mass is 446 g/mol. The highest BCUT2D eigenvalue weighted by Crippen LogP contribution is 2.28. The van der Waals surface area contributed by atoms with E-state index in [4.69, 9.17) is 21.1 Å². The minimum atomic E-state index is -0.761. The Kier molecular flexibility index (Phi) is 6.53. The second kappa shape index (κ2) is 8.40. The first-order valence-electron chi connectivity index (χ1n) is 6.99. The van der Waals surface area contributed by atoms with Gasteiger partial charge >= 0.3 is 6.16 Å². The third-order valence-corrected chi connectivity index (χ3v) is 4.59. The number of aryl methyl sites for hydroxylation is 1. The van der Waals surface area contributed by atoms with E-state index in [2.05, 4.69) is 27.3 Å². The molecule has 0 radical (unpaired) electrons. The number of hydrogen-bond acceptors (Lipinski definition) is 4. The summed E-state index contributed by atoms with van der Waals surface area (Å²) in [5.41, 5.74) is 1.84. The Morgan fingerprint density at radius 2 is 2.04 bits per heavy atom. The quantitative estimate of drug-likeness (QED) is 0.358. The third-order valence-electron chi connectivity index (χ3n) is 3.22. The zero-order chi connectivity index (χ0) is 16.8. The van der Waals surface area contributed by atoms with E-state index >= 15 is 0 Å². The van der Waals surface area contributed by atoms with E-state index < -0.39 is 6.16 Å². The summed E-state index contributed by atoms with van der Waals surface area (Å²) in [7, 11) is 1.27. The largest absolute Gasteiger partial charge is 0.513 e. The molecule has 0 unspecified atom stereocenters. The summed E-state index contributed by atoms with van der Waals surface area (Å²) in [6.07, 6.45) is 0.107. The minimum absolute atomic E-state index is 0.257. The molecule has 0 aromatic heterocycles. The van der Waals surface area contributed by atoms with Crippen LogP contribution in [0.4, 0.5) is 4.79 Å². The maximum absolute atomic E-state index is 11.3. The highest BCUT2D eigenvalue weighted by molar-refractivity contribution is 14.1. The fourth-order valence-corrected chi connectivity index (χ4v) is 2.90. The van der Waals surface area contributed by atoms with E-state index in [1.165, 1.54) is 7.11 Å². The molecule has 0 fully saturated rings. The molecule has 2 aromatic carbocycles. The first kappa shape index (κ1) is 17.9. The zero-order valence-corrected chi connectivity index (χ0v) is 15.7. The number of ether oxygens (including phenoxy) is 3. The van der Waals surface area contributed by atoms with Gasteiger partial charge in [-0.15, -0.1) is 0 Å². The van der Waals surface area contributed by atoms with Crippen molar-refractivity contribution in [3.8, 4) is 11.5 Å². The van der Waals surface area contributed by atoms with Gasteiger partial charge in [0.1, 0.15) is 18.1 Å². The van der Waals surface area contributed by atoms with Crippen LogP contribution in [0.3, 0.4) is 0 Å². The van der Waals surface area contributed by atoms with E-state index in [-0.39, 0.29) is 6.61 Å². The van der Waals surface area contributed by atoms with Crippen LogP contribution in [-0.4, -0.2) is 13.3 Å². The molecule has 23 heavy (non-hydrogen) atoms. The summed E-state index contributed by atoms with van der Waals surface area (Å²) >= 11 is 8.36. The van der Waals surface area contributed by atoms with Crippen molar-refractivity contribution in [2.75, 3.05) is 7.11 Å². The van der Waals surface area contributed by atoms with E-state index in [0.29, 0.717) is 16.5 Å². The highest BCUT2D eigenvalue weighted by atomic mass is 127. The number of rotatable bonds is 5. The van der Waals surface area contributed by atoms with Crippen molar-refractivity contribution in [3.05, 3.63) is 56.1 Å². The molecule has 0 N–H and O–H groups in total. The van der Waals surface area contributed by atoms with Crippen molar-refractivity contribution in [3.63, 3.8) is 0 Å². The van der Waals surface area contributed by atoms with Crippen LogP contribution < -0.4 is 9.47 Å². The van der Waals surface area contributed by atoms with Gasteiger partial charge in [-0.2, -0.15) is 0 Å². The van der Waals surface area contributed by atoms with Gasteiger partial charge in [0, 0.05) is 14.2 Å². The lowest BCUT2D eigenvalue weighted by molar-refractivity contribution is 0.120. The van der Waals surface area contributed by atoms with E-state index in [1.807, 2.05) is 25.1 Å². The number of carbonyl (C=O) groups is 1. The van der Waals surface area contributed by atoms with Crippen LogP contribution in [0, 0.1) is 3.57 Å². The Balaban J connectivity index is 2.16. The second-order valence-corrected chi connectivity index (χ2v) is 6.24. The summed E-state index contributed by atoms with van der Waals surface area (Å²) < 4.78 is 16.4. The molecule has 2 rings (SSSR count). The number of halogens is 2. The average Bonchev–Trinajstić information content (AvgIpc) is 2.54. The van der Waals surface area contributed by atoms with Gasteiger partial charge in [0.25, 0.3) is 0 Å². The molecule has 0 spiro atoms. The molecule has 0 amide bonds. The molecule has 0 heterocycles. The molecular formula is C17H16ClIO4. The Bertz CT molecular complexity index is 703. The van der Waals surface area contributed by atoms with Crippen LogP contribution in [0.2, 0.25) is 5.02 Å². The second-order valence-electron chi connectivity index (χ2n) is 4.67. The van der Waals surface area contributed by atoms with Crippen LogP contribution in [-0.2, 0) is 17.8 Å². The van der Waals surface area contributed by atoms with Crippen molar-refractivity contribution in [1.29, 1.82) is 0 Å². The van der Waals surface area contributed by atoms with Crippen LogP contribution >= 0.6 is 34.2 Å². The number of methoxy groups -OCH3 is 1. The van der Waals surface area contributed by atoms with Gasteiger partial charge in [-0.05, 0) is 58.8 Å². The number of carbonyl (C=O) groups excluding carboxylic acids is 1. The maximum Gasteiger partial charge on any atom is 0.513 e. The van der Waals surface area contributed by atoms with Gasteiger partial charge in [0.2, 0.25) is 0 Å². The molecule has 0 aliphatic heterocycles. The van der Waals surface area contributed by atoms with Gasteiger partial charge < -0.3 is 14.2 Å². The van der Waals surface area contributed by atoms with Crippen LogP contribution in [0.25, 0.3) is 0 Å². The normalized spacial score (nSPS) is 10.3. The molecule has 0 atom stereocenters. The van der Waals surface area contributed by atoms with Crippen LogP contribution in [0.1, 0.15) is 18.1 Å². The third kappa shape index (κ3) is 4.75. The average molecular weight is 447 g/mol. The fourth-order valence-electron chi connectivity index (χ4n) is 1.97. The van der Waals surface area contributed by atoms with E-state index in [0.717, 1.165) is 21.1 Å². The molecule has 0 aliphatic rings. The number of hydrogen-bond donors (Lipinski definition) is 0. The van der Waals surface area contributed by atoms with Crippen LogP contribution in [0.15, 0.2) is 36.4 Å². The molecule has 122 valence electrons. The first-order chi connectivity index (χ1) is 11.0. The Labute approximate surface area is 153 Å². The van der Waals surface area contributed by atoms with Crippen molar-refractivity contribution < 1.29 is 19.0 Å². The fraction of sp³-hybridized carbons (Fsp3) is 0.235. The molecular weight excluding hydrogens is 431 g/mol. The Hall–Kier alpha value is -1.47. The standard InChI is InChI=1S/C17H16ClIO4/c1-3-11-7-8-12(9-14(11)18)22-10-13-15(19)5-4-6-16(13)23-17(20)21-2/h4-9H,3,10H2,1-2H3. The van der Waals surface area contributed by atoms with Crippen molar-refractivity contribution in [2.24, 2.45) is 0 Å². The minimum Gasteiger partial charge on any atom is -0.489 e. The molecule has 0 aliphatic carbocycles. The predicted molar refractivity (Wildman–Crippen MR) is 97.4 cm³/mol. The molecule has 0 saturated heterocycles. The predicted octanol–water partition coefficient (Wildman–Crippen LogP) is 5.23. The van der Waals surface area contributed by atoms with Gasteiger partial charge in [0.15, 0.2) is 0 Å². The van der Waals surface area contributed by atoms with E-state index in [1.54, 1.807) is 18.2 Å². The van der Waals surface area contributed by atoms with Crippen molar-refractivity contribution in [1.82, 2.24) is 0 Å². The van der Waals surface area contributed by atoms with Crippen molar-refractivity contribution in [2.45, 2.75) is 20.0 Å².